The topological polar surface area (TPSA) is 58.0 Å². The summed E-state index contributed by atoms with van der Waals surface area (Å²) in [6.07, 6.45) is 3.55. The number of hydrogen-bond acceptors (Lipinski definition) is 4. The smallest absolute Gasteiger partial charge is 0.222 e. The number of nitrogens with zero attached hydrogens (tertiary/aromatic N) is 2. The molecule has 2 N–H and O–H groups in total. The Morgan fingerprint density at radius 2 is 1.71 bits per heavy atom. The van der Waals surface area contributed by atoms with Gasteiger partial charge in [-0.05, 0) is 12.5 Å². The van der Waals surface area contributed by atoms with Crippen molar-refractivity contribution in [3.05, 3.63) is 42.2 Å². The Hall–Kier alpha value is -1.94. The lowest BCUT2D eigenvalue weighted by molar-refractivity contribution is 0.311. The molecule has 1 aromatic heterocycles. The number of aliphatic hydroxyl groups is 1. The van der Waals surface area contributed by atoms with Crippen LogP contribution in [0.5, 0.6) is 0 Å². The Kier molecular flexibility index (Phi) is 3.67. The lowest BCUT2D eigenvalue weighted by atomic mass is 10.1. The van der Waals surface area contributed by atoms with Gasteiger partial charge in [0.2, 0.25) is 5.95 Å². The maximum Gasteiger partial charge on any atom is 0.222 e. The van der Waals surface area contributed by atoms with Gasteiger partial charge in [0.05, 0.1) is 6.61 Å². The molecular formula is C13H15N3O. The van der Waals surface area contributed by atoms with Gasteiger partial charge in [-0.2, -0.15) is 0 Å². The lowest BCUT2D eigenvalue weighted by Gasteiger charge is -2.04. The van der Waals surface area contributed by atoms with Crippen LogP contribution in [0.2, 0.25) is 0 Å². The molecule has 0 amide bonds. The molecule has 4 heteroatoms. The monoisotopic (exact) mass is 229 g/mol. The summed E-state index contributed by atoms with van der Waals surface area (Å²) in [6, 6.07) is 8.23. The largest absolute Gasteiger partial charge is 0.395 e. The van der Waals surface area contributed by atoms with Gasteiger partial charge >= 0.3 is 0 Å². The Morgan fingerprint density at radius 1 is 1.06 bits per heavy atom. The van der Waals surface area contributed by atoms with Crippen LogP contribution in [0.3, 0.4) is 0 Å². The molecule has 0 saturated heterocycles. The molecule has 0 bridgehead atoms. The van der Waals surface area contributed by atoms with E-state index in [0.717, 1.165) is 11.1 Å². The average molecular weight is 229 g/mol. The van der Waals surface area contributed by atoms with Crippen LogP contribution in [0.4, 0.5) is 5.95 Å². The first-order valence-electron chi connectivity index (χ1n) is 5.53. The summed E-state index contributed by atoms with van der Waals surface area (Å²) in [6.45, 7) is 2.59. The molecule has 17 heavy (non-hydrogen) atoms. The van der Waals surface area contributed by atoms with Gasteiger partial charge in [0.25, 0.3) is 0 Å². The van der Waals surface area contributed by atoms with Gasteiger partial charge < -0.3 is 10.4 Å². The number of aryl methyl sites for hydroxylation is 1. The molecule has 0 spiro atoms. The maximum absolute atomic E-state index is 8.67. The predicted molar refractivity (Wildman–Crippen MR) is 67.8 cm³/mol. The molecule has 4 nitrogen and oxygen atoms in total. The summed E-state index contributed by atoms with van der Waals surface area (Å²) in [5, 5.41) is 11.6. The van der Waals surface area contributed by atoms with Crippen LogP contribution in [0, 0.1) is 6.92 Å². The summed E-state index contributed by atoms with van der Waals surface area (Å²) in [4.78, 5) is 8.36. The van der Waals surface area contributed by atoms with Gasteiger partial charge in [-0.3, -0.25) is 0 Å². The van der Waals surface area contributed by atoms with Gasteiger partial charge in [0, 0.05) is 24.5 Å². The summed E-state index contributed by atoms with van der Waals surface area (Å²) < 4.78 is 0. The lowest BCUT2D eigenvalue weighted by Crippen LogP contribution is -2.08. The third-order valence-electron chi connectivity index (χ3n) is 2.43. The molecule has 2 aromatic rings. The Labute approximate surface area is 100 Å². The Balaban J connectivity index is 2.14. The van der Waals surface area contributed by atoms with Gasteiger partial charge in [-0.1, -0.05) is 29.8 Å². The fourth-order valence-electron chi connectivity index (χ4n) is 1.48. The highest BCUT2D eigenvalue weighted by Crippen LogP contribution is 2.18. The maximum atomic E-state index is 8.67. The van der Waals surface area contributed by atoms with Gasteiger partial charge in [-0.15, -0.1) is 0 Å². The van der Waals surface area contributed by atoms with Crippen LogP contribution in [-0.2, 0) is 0 Å². The number of nitrogens with one attached hydrogen (secondary N) is 1. The van der Waals surface area contributed by atoms with Gasteiger partial charge in [0.1, 0.15) is 0 Å². The molecule has 0 aliphatic rings. The molecule has 88 valence electrons. The van der Waals surface area contributed by atoms with E-state index in [0.29, 0.717) is 12.5 Å². The fourth-order valence-corrected chi connectivity index (χ4v) is 1.48. The number of anilines is 1. The van der Waals surface area contributed by atoms with Crippen molar-refractivity contribution < 1.29 is 5.11 Å². The van der Waals surface area contributed by atoms with Crippen LogP contribution in [-0.4, -0.2) is 28.2 Å². The molecule has 0 radical (unpaired) electrons. The normalized spacial score (nSPS) is 10.2. The van der Waals surface area contributed by atoms with E-state index < -0.39 is 0 Å². The molecule has 0 aliphatic heterocycles. The van der Waals surface area contributed by atoms with Crippen molar-refractivity contribution in [3.8, 4) is 11.1 Å². The first-order chi connectivity index (χ1) is 8.29. The Morgan fingerprint density at radius 3 is 2.29 bits per heavy atom. The fraction of sp³-hybridized carbons (Fsp3) is 0.231. The van der Waals surface area contributed by atoms with Crippen molar-refractivity contribution in [2.45, 2.75) is 6.92 Å². The highest BCUT2D eigenvalue weighted by Gasteiger charge is 1.99. The summed E-state index contributed by atoms with van der Waals surface area (Å²) >= 11 is 0. The second kappa shape index (κ2) is 5.41. The van der Waals surface area contributed by atoms with E-state index in [9.17, 15) is 0 Å². The van der Waals surface area contributed by atoms with Crippen molar-refractivity contribution in [2.75, 3.05) is 18.5 Å². The summed E-state index contributed by atoms with van der Waals surface area (Å²) in [5.41, 5.74) is 3.32. The molecule has 0 aliphatic carbocycles. The molecule has 0 atom stereocenters. The van der Waals surface area contributed by atoms with Crippen molar-refractivity contribution in [1.82, 2.24) is 9.97 Å². The van der Waals surface area contributed by atoms with Crippen molar-refractivity contribution in [3.63, 3.8) is 0 Å². The first kappa shape index (κ1) is 11.5. The highest BCUT2D eigenvalue weighted by molar-refractivity contribution is 5.62. The van der Waals surface area contributed by atoms with Crippen LogP contribution < -0.4 is 5.32 Å². The number of benzene rings is 1. The minimum atomic E-state index is 0.0725. The second-order valence-electron chi connectivity index (χ2n) is 3.81. The summed E-state index contributed by atoms with van der Waals surface area (Å²) in [7, 11) is 0. The van der Waals surface area contributed by atoms with Gasteiger partial charge in [-0.25, -0.2) is 9.97 Å². The quantitative estimate of drug-likeness (QED) is 0.840. The minimum Gasteiger partial charge on any atom is -0.395 e. The first-order valence-corrected chi connectivity index (χ1v) is 5.53. The average Bonchev–Trinajstić information content (AvgIpc) is 2.38. The SMILES string of the molecule is Cc1ccc(-c2cnc(NCCO)nc2)cc1. The zero-order chi connectivity index (χ0) is 12.1. The number of aromatic nitrogens is 2. The van der Waals surface area contributed by atoms with Crippen molar-refractivity contribution in [2.24, 2.45) is 0 Å². The molecule has 1 heterocycles. The molecule has 2 rings (SSSR count). The van der Waals surface area contributed by atoms with E-state index in [1.54, 1.807) is 12.4 Å². The van der Waals surface area contributed by atoms with Crippen LogP contribution >= 0.6 is 0 Å². The van der Waals surface area contributed by atoms with E-state index in [2.05, 4.69) is 46.5 Å². The van der Waals surface area contributed by atoms with E-state index in [4.69, 9.17) is 5.11 Å². The molecule has 1 aromatic carbocycles. The molecule has 0 fully saturated rings. The zero-order valence-electron chi connectivity index (χ0n) is 9.72. The number of aliphatic hydroxyl groups excluding tert-OH is 1. The minimum absolute atomic E-state index is 0.0725. The molecule has 0 saturated carbocycles. The van der Waals surface area contributed by atoms with Crippen LogP contribution in [0.1, 0.15) is 5.56 Å². The number of rotatable bonds is 4. The Bertz CT molecular complexity index is 465. The molecular weight excluding hydrogens is 214 g/mol. The standard InChI is InChI=1S/C13H15N3O/c1-10-2-4-11(5-3-10)12-8-15-13(16-9-12)14-6-7-17/h2-5,8-9,17H,6-7H2,1H3,(H,14,15,16). The van der Waals surface area contributed by atoms with Crippen molar-refractivity contribution >= 4 is 5.95 Å². The van der Waals surface area contributed by atoms with Crippen molar-refractivity contribution in [1.29, 1.82) is 0 Å². The second-order valence-corrected chi connectivity index (χ2v) is 3.81. The number of hydrogen-bond donors (Lipinski definition) is 2. The third kappa shape index (κ3) is 3.01. The van der Waals surface area contributed by atoms with E-state index >= 15 is 0 Å². The highest BCUT2D eigenvalue weighted by atomic mass is 16.3. The van der Waals surface area contributed by atoms with E-state index in [1.165, 1.54) is 5.56 Å². The van der Waals surface area contributed by atoms with Crippen LogP contribution in [0.25, 0.3) is 11.1 Å². The van der Waals surface area contributed by atoms with Gasteiger partial charge in [0.15, 0.2) is 0 Å². The molecule has 0 unspecified atom stereocenters. The van der Waals surface area contributed by atoms with E-state index in [-0.39, 0.29) is 6.61 Å². The predicted octanol–water partition coefficient (Wildman–Crippen LogP) is 1.86. The summed E-state index contributed by atoms with van der Waals surface area (Å²) in [5.74, 6) is 0.537. The van der Waals surface area contributed by atoms with Crippen LogP contribution in [0.15, 0.2) is 36.7 Å². The third-order valence-corrected chi connectivity index (χ3v) is 2.43. The van der Waals surface area contributed by atoms with E-state index in [1.807, 2.05) is 0 Å². The zero-order valence-corrected chi connectivity index (χ0v) is 9.72.